The number of rotatable bonds is 7. The van der Waals surface area contributed by atoms with E-state index in [0.29, 0.717) is 30.4 Å². The van der Waals surface area contributed by atoms with E-state index in [-0.39, 0.29) is 5.75 Å². The van der Waals surface area contributed by atoms with Crippen LogP contribution in [0, 0.1) is 23.5 Å². The van der Waals surface area contributed by atoms with Crippen LogP contribution < -0.4 is 4.74 Å². The molecule has 23 heavy (non-hydrogen) atoms. The molecule has 0 unspecified atom stereocenters. The highest BCUT2D eigenvalue weighted by atomic mass is 19.2. The maximum atomic E-state index is 14.0. The highest BCUT2D eigenvalue weighted by Crippen LogP contribution is 2.33. The maximum Gasteiger partial charge on any atom is 0.200 e. The second-order valence-electron chi connectivity index (χ2n) is 6.19. The van der Waals surface area contributed by atoms with Gasteiger partial charge in [-0.25, -0.2) is 8.78 Å². The van der Waals surface area contributed by atoms with Crippen molar-refractivity contribution in [3.63, 3.8) is 0 Å². The van der Waals surface area contributed by atoms with Crippen LogP contribution in [0.2, 0.25) is 0 Å². The van der Waals surface area contributed by atoms with Gasteiger partial charge >= 0.3 is 0 Å². The molecule has 0 N–H and O–H groups in total. The molecule has 1 aromatic rings. The molecule has 1 fully saturated rings. The Bertz CT molecular complexity index is 520. The monoisotopic (exact) mass is 326 g/mol. The third kappa shape index (κ3) is 5.02. The normalized spacial score (nSPS) is 21.7. The van der Waals surface area contributed by atoms with Gasteiger partial charge in [0, 0.05) is 0 Å². The topological polar surface area (TPSA) is 9.23 Å². The highest BCUT2D eigenvalue weighted by molar-refractivity contribution is 5.31. The molecule has 128 valence electrons. The Morgan fingerprint density at radius 3 is 2.52 bits per heavy atom. The lowest BCUT2D eigenvalue weighted by molar-refractivity contribution is 0.293. The molecule has 0 atom stereocenters. The summed E-state index contributed by atoms with van der Waals surface area (Å²) in [4.78, 5) is 0. The SMILES string of the molecule is CCOc1ccc(CCC2CCC(C=CCF)CC2)c(F)c1F. The summed E-state index contributed by atoms with van der Waals surface area (Å²) in [7, 11) is 0. The average Bonchev–Trinajstić information content (AvgIpc) is 2.57. The Morgan fingerprint density at radius 1 is 1.13 bits per heavy atom. The zero-order valence-corrected chi connectivity index (χ0v) is 13.7. The molecular formula is C19H25F3O. The van der Waals surface area contributed by atoms with Gasteiger partial charge < -0.3 is 4.74 Å². The van der Waals surface area contributed by atoms with E-state index in [0.717, 1.165) is 32.1 Å². The van der Waals surface area contributed by atoms with Crippen LogP contribution in [0.25, 0.3) is 0 Å². The molecule has 1 nitrogen and oxygen atoms in total. The number of hydrogen-bond donors (Lipinski definition) is 0. The van der Waals surface area contributed by atoms with Gasteiger partial charge in [0.2, 0.25) is 5.82 Å². The molecule has 0 saturated heterocycles. The van der Waals surface area contributed by atoms with Crippen molar-refractivity contribution in [1.29, 1.82) is 0 Å². The number of hydrogen-bond acceptors (Lipinski definition) is 1. The van der Waals surface area contributed by atoms with Crippen molar-refractivity contribution < 1.29 is 17.9 Å². The first kappa shape index (κ1) is 17.9. The quantitative estimate of drug-likeness (QED) is 0.590. The number of allylic oxidation sites excluding steroid dienone is 2. The Kier molecular flexibility index (Phi) is 7.00. The van der Waals surface area contributed by atoms with Gasteiger partial charge in [-0.05, 0) is 68.9 Å². The summed E-state index contributed by atoms with van der Waals surface area (Å²) in [5.74, 6) is -0.672. The first-order valence-electron chi connectivity index (χ1n) is 8.48. The molecule has 1 aliphatic rings. The van der Waals surface area contributed by atoms with Gasteiger partial charge in [0.1, 0.15) is 6.67 Å². The number of benzene rings is 1. The van der Waals surface area contributed by atoms with Crippen LogP contribution in [-0.2, 0) is 6.42 Å². The maximum absolute atomic E-state index is 14.0. The minimum absolute atomic E-state index is 0.0195. The summed E-state index contributed by atoms with van der Waals surface area (Å²) >= 11 is 0. The lowest BCUT2D eigenvalue weighted by Gasteiger charge is -2.26. The van der Waals surface area contributed by atoms with Crippen molar-refractivity contribution >= 4 is 0 Å². The summed E-state index contributed by atoms with van der Waals surface area (Å²) in [6, 6.07) is 3.13. The van der Waals surface area contributed by atoms with Crippen LogP contribution in [0.3, 0.4) is 0 Å². The Morgan fingerprint density at radius 2 is 1.87 bits per heavy atom. The molecule has 1 saturated carbocycles. The number of alkyl halides is 1. The van der Waals surface area contributed by atoms with Gasteiger partial charge in [-0.2, -0.15) is 4.39 Å². The van der Waals surface area contributed by atoms with Crippen LogP contribution >= 0.6 is 0 Å². The summed E-state index contributed by atoms with van der Waals surface area (Å²) in [6.45, 7) is 1.66. The lowest BCUT2D eigenvalue weighted by Crippen LogP contribution is -2.14. The molecule has 0 heterocycles. The average molecular weight is 326 g/mol. The molecule has 1 aromatic carbocycles. The van der Waals surface area contributed by atoms with E-state index in [1.54, 1.807) is 19.1 Å². The van der Waals surface area contributed by atoms with Crippen LogP contribution in [0.5, 0.6) is 5.75 Å². The third-order valence-corrected chi connectivity index (χ3v) is 4.64. The molecule has 0 spiro atoms. The summed E-state index contributed by atoms with van der Waals surface area (Å²) < 4.78 is 45.1. The standard InChI is InChI=1S/C19H25F3O/c1-2-23-17-12-11-16(18(21)19(17)22)10-9-15-7-5-14(6-8-15)4-3-13-20/h3-4,11-12,14-15H,2,5-10,13H2,1H3. The van der Waals surface area contributed by atoms with Crippen LogP contribution in [0.4, 0.5) is 13.2 Å². The Hall–Kier alpha value is -1.45. The van der Waals surface area contributed by atoms with Gasteiger partial charge in [0.25, 0.3) is 0 Å². The van der Waals surface area contributed by atoms with Gasteiger partial charge in [-0.1, -0.05) is 18.2 Å². The van der Waals surface area contributed by atoms with Crippen LogP contribution in [0.15, 0.2) is 24.3 Å². The first-order valence-corrected chi connectivity index (χ1v) is 8.48. The second kappa shape index (κ2) is 8.99. The lowest BCUT2D eigenvalue weighted by atomic mass is 9.79. The fourth-order valence-electron chi connectivity index (χ4n) is 3.30. The van der Waals surface area contributed by atoms with Crippen molar-refractivity contribution in [2.45, 2.75) is 45.4 Å². The summed E-state index contributed by atoms with van der Waals surface area (Å²) in [5.41, 5.74) is 0.422. The minimum atomic E-state index is -0.885. The minimum Gasteiger partial charge on any atom is -0.491 e. The Balaban J connectivity index is 1.85. The molecule has 0 aliphatic heterocycles. The van der Waals surface area contributed by atoms with Crippen molar-refractivity contribution in [2.75, 3.05) is 13.3 Å². The molecule has 4 heteroatoms. The number of halogens is 3. The zero-order valence-electron chi connectivity index (χ0n) is 13.7. The fraction of sp³-hybridized carbons (Fsp3) is 0.579. The summed E-state index contributed by atoms with van der Waals surface area (Å²) in [5, 5.41) is 0. The second-order valence-corrected chi connectivity index (χ2v) is 6.19. The highest BCUT2D eigenvalue weighted by Gasteiger charge is 2.21. The molecule has 0 aromatic heterocycles. The van der Waals surface area contributed by atoms with E-state index in [9.17, 15) is 13.2 Å². The van der Waals surface area contributed by atoms with Gasteiger partial charge in [-0.15, -0.1) is 0 Å². The molecule has 0 radical (unpaired) electrons. The van der Waals surface area contributed by atoms with Crippen molar-refractivity contribution in [3.8, 4) is 5.75 Å². The van der Waals surface area contributed by atoms with E-state index in [4.69, 9.17) is 4.74 Å². The number of ether oxygens (including phenoxy) is 1. The third-order valence-electron chi connectivity index (χ3n) is 4.64. The summed E-state index contributed by atoms with van der Waals surface area (Å²) in [6.07, 6.45) is 9.23. The molecular weight excluding hydrogens is 301 g/mol. The van der Waals surface area contributed by atoms with E-state index >= 15 is 0 Å². The van der Waals surface area contributed by atoms with Crippen molar-refractivity contribution in [1.82, 2.24) is 0 Å². The van der Waals surface area contributed by atoms with E-state index in [2.05, 4.69) is 0 Å². The molecule has 2 rings (SSSR count). The molecule has 0 amide bonds. The van der Waals surface area contributed by atoms with E-state index < -0.39 is 18.3 Å². The van der Waals surface area contributed by atoms with Gasteiger partial charge in [-0.3, -0.25) is 0 Å². The molecule has 1 aliphatic carbocycles. The van der Waals surface area contributed by atoms with E-state index in [1.165, 1.54) is 6.07 Å². The fourth-order valence-corrected chi connectivity index (χ4v) is 3.30. The van der Waals surface area contributed by atoms with Crippen LogP contribution in [0.1, 0.15) is 44.6 Å². The first-order chi connectivity index (χ1) is 11.2. The smallest absolute Gasteiger partial charge is 0.200 e. The molecule has 0 bridgehead atoms. The predicted octanol–water partition coefficient (Wildman–Crippen LogP) is 5.63. The largest absolute Gasteiger partial charge is 0.491 e. The van der Waals surface area contributed by atoms with Crippen molar-refractivity contribution in [3.05, 3.63) is 41.5 Å². The van der Waals surface area contributed by atoms with Crippen LogP contribution in [-0.4, -0.2) is 13.3 Å². The zero-order chi connectivity index (χ0) is 16.7. The van der Waals surface area contributed by atoms with E-state index in [1.807, 2.05) is 6.08 Å². The van der Waals surface area contributed by atoms with Gasteiger partial charge in [0.15, 0.2) is 11.6 Å². The van der Waals surface area contributed by atoms with Gasteiger partial charge in [0.05, 0.1) is 6.61 Å². The number of aryl methyl sites for hydroxylation is 1. The Labute approximate surface area is 136 Å². The van der Waals surface area contributed by atoms with Crippen molar-refractivity contribution in [2.24, 2.45) is 11.8 Å². The predicted molar refractivity (Wildman–Crippen MR) is 86.4 cm³/mol.